The highest BCUT2D eigenvalue weighted by molar-refractivity contribution is 7.89. The Hall–Kier alpha value is -2.47. The molecular weight excluding hydrogens is 454 g/mol. The van der Waals surface area contributed by atoms with E-state index in [0.717, 1.165) is 4.31 Å². The molecule has 0 radical (unpaired) electrons. The third-order valence-electron chi connectivity index (χ3n) is 4.73. The molecule has 0 saturated heterocycles. The molecule has 0 aliphatic carbocycles. The van der Waals surface area contributed by atoms with Gasteiger partial charge < -0.3 is 10.1 Å². The van der Waals surface area contributed by atoms with E-state index in [4.69, 9.17) is 4.74 Å². The van der Waals surface area contributed by atoms with Crippen molar-refractivity contribution >= 4 is 31.6 Å². The van der Waals surface area contributed by atoms with E-state index in [9.17, 15) is 21.6 Å². The van der Waals surface area contributed by atoms with Gasteiger partial charge in [0.1, 0.15) is 5.75 Å². The Morgan fingerprint density at radius 1 is 1.03 bits per heavy atom. The van der Waals surface area contributed by atoms with Gasteiger partial charge in [-0.25, -0.2) is 25.9 Å². The molecule has 0 aliphatic rings. The lowest BCUT2D eigenvalue weighted by Gasteiger charge is -2.15. The lowest BCUT2D eigenvalue weighted by atomic mass is 10.2. The zero-order chi connectivity index (χ0) is 24.1. The number of anilines is 1. The van der Waals surface area contributed by atoms with Crippen LogP contribution in [0.3, 0.4) is 0 Å². The molecule has 0 unspecified atom stereocenters. The van der Waals surface area contributed by atoms with Crippen LogP contribution in [0.1, 0.15) is 25.8 Å². The maximum absolute atomic E-state index is 12.3. The van der Waals surface area contributed by atoms with Gasteiger partial charge in [0, 0.05) is 25.8 Å². The summed E-state index contributed by atoms with van der Waals surface area (Å²) in [5, 5.41) is 2.64. The molecule has 11 heteroatoms. The molecule has 0 spiro atoms. The second kappa shape index (κ2) is 10.4. The Labute approximate surface area is 189 Å². The van der Waals surface area contributed by atoms with Gasteiger partial charge in [-0.05, 0) is 62.2 Å². The second-order valence-electron chi connectivity index (χ2n) is 7.50. The standard InChI is InChI=1S/C21H29N3O6S2/c1-6-16(3)23-31(26,27)18-11-8-17(9-12-18)30-14-21(25)22-20-13-19(10-7-15(20)2)32(28,29)24(4)5/h7-13,16,23H,6,14H2,1-5H3,(H,22,25)/t16-/m1/s1. The van der Waals surface area contributed by atoms with Crippen molar-refractivity contribution in [1.82, 2.24) is 9.03 Å². The van der Waals surface area contributed by atoms with Crippen LogP contribution in [0.4, 0.5) is 5.69 Å². The maximum Gasteiger partial charge on any atom is 0.262 e. The number of amides is 1. The van der Waals surface area contributed by atoms with Crippen LogP contribution in [0.15, 0.2) is 52.3 Å². The van der Waals surface area contributed by atoms with Crippen molar-refractivity contribution in [2.75, 3.05) is 26.0 Å². The number of nitrogens with one attached hydrogen (secondary N) is 2. The molecule has 9 nitrogen and oxygen atoms in total. The van der Waals surface area contributed by atoms with Crippen molar-refractivity contribution in [3.63, 3.8) is 0 Å². The summed E-state index contributed by atoms with van der Waals surface area (Å²) in [4.78, 5) is 12.5. The number of carbonyl (C=O) groups excluding carboxylic acids is 1. The third-order valence-corrected chi connectivity index (χ3v) is 8.15. The number of hydrogen-bond acceptors (Lipinski definition) is 6. The van der Waals surface area contributed by atoms with E-state index in [-0.39, 0.29) is 22.4 Å². The summed E-state index contributed by atoms with van der Waals surface area (Å²) in [6.45, 7) is 5.07. The highest BCUT2D eigenvalue weighted by Crippen LogP contribution is 2.22. The number of aryl methyl sites for hydroxylation is 1. The van der Waals surface area contributed by atoms with Crippen molar-refractivity contribution in [3.8, 4) is 5.75 Å². The minimum Gasteiger partial charge on any atom is -0.484 e. The lowest BCUT2D eigenvalue weighted by Crippen LogP contribution is -2.31. The Morgan fingerprint density at radius 2 is 1.62 bits per heavy atom. The molecule has 2 rings (SSSR count). The van der Waals surface area contributed by atoms with Crippen molar-refractivity contribution in [2.45, 2.75) is 43.0 Å². The third kappa shape index (κ3) is 6.52. The second-order valence-corrected chi connectivity index (χ2v) is 11.4. The van der Waals surface area contributed by atoms with Gasteiger partial charge in [-0.3, -0.25) is 4.79 Å². The van der Waals surface area contributed by atoms with E-state index >= 15 is 0 Å². The quantitative estimate of drug-likeness (QED) is 0.535. The van der Waals surface area contributed by atoms with Crippen molar-refractivity contribution in [3.05, 3.63) is 48.0 Å². The predicted octanol–water partition coefficient (Wildman–Crippen LogP) is 2.34. The minimum atomic E-state index is -3.64. The monoisotopic (exact) mass is 483 g/mol. The van der Waals surface area contributed by atoms with Crippen molar-refractivity contribution in [1.29, 1.82) is 0 Å². The van der Waals surface area contributed by atoms with E-state index in [0.29, 0.717) is 23.4 Å². The first-order valence-corrected chi connectivity index (χ1v) is 12.9. The molecule has 32 heavy (non-hydrogen) atoms. The summed E-state index contributed by atoms with van der Waals surface area (Å²) in [7, 11) is -4.40. The van der Waals surface area contributed by atoms with E-state index in [2.05, 4.69) is 10.0 Å². The summed E-state index contributed by atoms with van der Waals surface area (Å²) in [6.07, 6.45) is 0.666. The molecule has 2 aromatic carbocycles. The summed E-state index contributed by atoms with van der Waals surface area (Å²) in [5.41, 5.74) is 1.05. The largest absolute Gasteiger partial charge is 0.484 e. The van der Waals surface area contributed by atoms with Crippen LogP contribution in [0, 0.1) is 6.92 Å². The van der Waals surface area contributed by atoms with Gasteiger partial charge in [0.05, 0.1) is 9.79 Å². The lowest BCUT2D eigenvalue weighted by molar-refractivity contribution is -0.118. The molecule has 2 aromatic rings. The molecule has 0 fully saturated rings. The topological polar surface area (TPSA) is 122 Å². The van der Waals surface area contributed by atoms with E-state index in [1.165, 1.54) is 50.5 Å². The van der Waals surface area contributed by atoms with Gasteiger partial charge in [-0.2, -0.15) is 0 Å². The van der Waals surface area contributed by atoms with Crippen LogP contribution in [0.5, 0.6) is 5.75 Å². The van der Waals surface area contributed by atoms with Gasteiger partial charge >= 0.3 is 0 Å². The number of benzene rings is 2. The van der Waals surface area contributed by atoms with Gasteiger partial charge in [-0.15, -0.1) is 0 Å². The van der Waals surface area contributed by atoms with Crippen LogP contribution in [-0.4, -0.2) is 53.8 Å². The van der Waals surface area contributed by atoms with Gasteiger partial charge in [0.15, 0.2) is 6.61 Å². The summed E-state index contributed by atoms with van der Waals surface area (Å²) < 4.78 is 58.3. The Kier molecular flexibility index (Phi) is 8.41. The molecule has 0 heterocycles. The summed E-state index contributed by atoms with van der Waals surface area (Å²) in [5.74, 6) is -0.161. The van der Waals surface area contributed by atoms with Crippen molar-refractivity contribution < 1.29 is 26.4 Å². The maximum atomic E-state index is 12.3. The SMILES string of the molecule is CC[C@@H](C)NS(=O)(=O)c1ccc(OCC(=O)Nc2cc(S(=O)(=O)N(C)C)ccc2C)cc1. The number of rotatable bonds is 10. The van der Waals surface area contributed by atoms with Crippen LogP contribution in [0.25, 0.3) is 0 Å². The first-order chi connectivity index (χ1) is 14.9. The molecule has 0 saturated carbocycles. The molecule has 1 atom stereocenters. The fourth-order valence-electron chi connectivity index (χ4n) is 2.57. The number of carbonyl (C=O) groups is 1. The van der Waals surface area contributed by atoms with Gasteiger partial charge in [0.25, 0.3) is 5.91 Å². The predicted molar refractivity (Wildman–Crippen MR) is 123 cm³/mol. The van der Waals surface area contributed by atoms with Crippen LogP contribution in [0.2, 0.25) is 0 Å². The molecular formula is C21H29N3O6S2. The number of hydrogen-bond donors (Lipinski definition) is 2. The van der Waals surface area contributed by atoms with E-state index in [1.54, 1.807) is 19.9 Å². The summed E-state index contributed by atoms with van der Waals surface area (Å²) in [6, 6.07) is 10.0. The number of nitrogens with zero attached hydrogens (tertiary/aromatic N) is 1. The fraction of sp³-hybridized carbons (Fsp3) is 0.381. The summed E-state index contributed by atoms with van der Waals surface area (Å²) >= 11 is 0. The zero-order valence-corrected chi connectivity index (χ0v) is 20.4. The average molecular weight is 484 g/mol. The highest BCUT2D eigenvalue weighted by Gasteiger charge is 2.19. The van der Waals surface area contributed by atoms with Crippen molar-refractivity contribution in [2.24, 2.45) is 0 Å². The van der Waals surface area contributed by atoms with Gasteiger partial charge in [-0.1, -0.05) is 13.0 Å². The highest BCUT2D eigenvalue weighted by atomic mass is 32.2. The Bertz CT molecular complexity index is 1160. The van der Waals surface area contributed by atoms with Crippen LogP contribution in [-0.2, 0) is 24.8 Å². The molecule has 0 bridgehead atoms. The fourth-order valence-corrected chi connectivity index (χ4v) is 4.83. The average Bonchev–Trinajstić information content (AvgIpc) is 2.73. The van der Waals surface area contributed by atoms with Crippen LogP contribution >= 0.6 is 0 Å². The zero-order valence-electron chi connectivity index (χ0n) is 18.7. The Morgan fingerprint density at radius 3 is 2.19 bits per heavy atom. The first-order valence-electron chi connectivity index (χ1n) is 9.95. The molecule has 0 aromatic heterocycles. The molecule has 176 valence electrons. The van der Waals surface area contributed by atoms with E-state index < -0.39 is 26.0 Å². The molecule has 1 amide bonds. The molecule has 0 aliphatic heterocycles. The minimum absolute atomic E-state index is 0.0621. The van der Waals surface area contributed by atoms with Crippen LogP contribution < -0.4 is 14.8 Å². The smallest absolute Gasteiger partial charge is 0.262 e. The van der Waals surface area contributed by atoms with Gasteiger partial charge in [0.2, 0.25) is 20.0 Å². The number of ether oxygens (including phenoxy) is 1. The number of sulfonamides is 2. The Balaban J connectivity index is 2.03. The van der Waals surface area contributed by atoms with E-state index in [1.807, 2.05) is 6.92 Å². The first kappa shape index (κ1) is 25.8. The normalized spacial score (nSPS) is 13.1. The molecule has 2 N–H and O–H groups in total.